The van der Waals surface area contributed by atoms with Crippen LogP contribution in [0.2, 0.25) is 0 Å². The highest BCUT2D eigenvalue weighted by Gasteiger charge is 1.87. The molecule has 0 aromatic carbocycles. The van der Waals surface area contributed by atoms with Gasteiger partial charge in [-0.2, -0.15) is 0 Å². The molecular weight excluding hydrogens is 127 g/mol. The third kappa shape index (κ3) is 6.15. The molecule has 1 atom stereocenters. The molecule has 0 amide bonds. The summed E-state index contributed by atoms with van der Waals surface area (Å²) in [6.07, 6.45) is 1.85. The van der Waals surface area contributed by atoms with Crippen molar-refractivity contribution >= 4 is 8.25 Å². The number of unbranched alkanes of at least 4 members (excludes halogenated alkanes) is 1. The first-order valence-electron chi connectivity index (χ1n) is 2.63. The molecule has 0 rings (SSSR count). The van der Waals surface area contributed by atoms with E-state index in [4.69, 9.17) is 4.89 Å². The van der Waals surface area contributed by atoms with Gasteiger partial charge in [0.05, 0.1) is 6.61 Å². The first kappa shape index (κ1) is 8.15. The standard InChI is InChI=1S/C4H11O3P/c1-2-3-4-7-8(5)6/h8H,2-4H2,1H3,(H,5,6). The average Bonchev–Trinajstić information content (AvgIpc) is 1.66. The smallest absolute Gasteiger partial charge is 0.316 e. The molecule has 50 valence electrons. The largest absolute Gasteiger partial charge is 0.326 e. The third-order valence-corrected chi connectivity index (χ3v) is 1.17. The third-order valence-electron chi connectivity index (χ3n) is 0.723. The Bertz CT molecular complexity index is 73.7. The lowest BCUT2D eigenvalue weighted by Crippen LogP contribution is -1.82. The first-order valence-corrected chi connectivity index (χ1v) is 3.89. The van der Waals surface area contributed by atoms with Crippen LogP contribution in [0.3, 0.4) is 0 Å². The van der Waals surface area contributed by atoms with E-state index in [9.17, 15) is 4.57 Å². The lowest BCUT2D eigenvalue weighted by Gasteiger charge is -1.94. The predicted molar refractivity (Wildman–Crippen MR) is 32.1 cm³/mol. The molecule has 3 nitrogen and oxygen atoms in total. The summed E-state index contributed by atoms with van der Waals surface area (Å²) in [5.74, 6) is 0. The fourth-order valence-corrected chi connectivity index (χ4v) is 0.623. The quantitative estimate of drug-likeness (QED) is 0.468. The first-order chi connectivity index (χ1) is 3.77. The van der Waals surface area contributed by atoms with Gasteiger partial charge in [-0.1, -0.05) is 13.3 Å². The maximum Gasteiger partial charge on any atom is 0.316 e. The van der Waals surface area contributed by atoms with E-state index in [2.05, 4.69) is 4.52 Å². The molecule has 0 radical (unpaired) electrons. The second-order valence-electron chi connectivity index (χ2n) is 1.47. The second kappa shape index (κ2) is 5.29. The molecule has 0 aromatic heterocycles. The molecule has 0 saturated carbocycles. The van der Waals surface area contributed by atoms with E-state index in [1.54, 1.807) is 0 Å². The summed E-state index contributed by atoms with van der Waals surface area (Å²) in [5.41, 5.74) is 0. The SMILES string of the molecule is CCCCO[PH](=O)O. The molecule has 0 heterocycles. The van der Waals surface area contributed by atoms with Gasteiger partial charge in [0.15, 0.2) is 0 Å². The summed E-state index contributed by atoms with van der Waals surface area (Å²) < 4.78 is 14.2. The summed E-state index contributed by atoms with van der Waals surface area (Å²) in [6.45, 7) is 2.41. The van der Waals surface area contributed by atoms with Gasteiger partial charge in [0, 0.05) is 0 Å². The highest BCUT2D eigenvalue weighted by molar-refractivity contribution is 7.32. The van der Waals surface area contributed by atoms with E-state index in [0.29, 0.717) is 6.61 Å². The van der Waals surface area contributed by atoms with E-state index in [1.807, 2.05) is 6.92 Å². The van der Waals surface area contributed by atoms with Crippen molar-refractivity contribution in [3.8, 4) is 0 Å². The highest BCUT2D eigenvalue weighted by Crippen LogP contribution is 2.14. The van der Waals surface area contributed by atoms with Crippen molar-refractivity contribution < 1.29 is 14.0 Å². The summed E-state index contributed by atoms with van der Waals surface area (Å²) in [7, 11) is -2.66. The van der Waals surface area contributed by atoms with Gasteiger partial charge in [-0.15, -0.1) is 0 Å². The van der Waals surface area contributed by atoms with E-state index in [1.165, 1.54) is 0 Å². The summed E-state index contributed by atoms with van der Waals surface area (Å²) >= 11 is 0. The van der Waals surface area contributed by atoms with Gasteiger partial charge in [-0.3, -0.25) is 4.57 Å². The summed E-state index contributed by atoms with van der Waals surface area (Å²) in [5, 5.41) is 0. The van der Waals surface area contributed by atoms with E-state index in [-0.39, 0.29) is 0 Å². The van der Waals surface area contributed by atoms with Crippen LogP contribution in [0.5, 0.6) is 0 Å². The van der Waals surface area contributed by atoms with Crippen LogP contribution in [0.1, 0.15) is 19.8 Å². The molecule has 1 N–H and O–H groups in total. The Kier molecular flexibility index (Phi) is 5.39. The van der Waals surface area contributed by atoms with Crippen molar-refractivity contribution in [3.05, 3.63) is 0 Å². The zero-order chi connectivity index (χ0) is 6.41. The molecule has 8 heavy (non-hydrogen) atoms. The van der Waals surface area contributed by atoms with Crippen LogP contribution < -0.4 is 0 Å². The van der Waals surface area contributed by atoms with Crippen LogP contribution in [0.4, 0.5) is 0 Å². The fourth-order valence-electron chi connectivity index (χ4n) is 0.304. The molecule has 0 aromatic rings. The van der Waals surface area contributed by atoms with Crippen molar-refractivity contribution in [1.29, 1.82) is 0 Å². The normalized spacial score (nSPS) is 13.8. The minimum atomic E-state index is -2.66. The molecule has 0 aliphatic heterocycles. The molecule has 1 unspecified atom stereocenters. The van der Waals surface area contributed by atoms with Crippen LogP contribution in [-0.2, 0) is 9.09 Å². The summed E-state index contributed by atoms with van der Waals surface area (Å²) in [4.78, 5) is 8.10. The van der Waals surface area contributed by atoms with Crippen molar-refractivity contribution in [2.75, 3.05) is 6.61 Å². The van der Waals surface area contributed by atoms with Gasteiger partial charge in [0.25, 0.3) is 0 Å². The van der Waals surface area contributed by atoms with Crippen LogP contribution in [-0.4, -0.2) is 11.5 Å². The predicted octanol–water partition coefficient (Wildman–Crippen LogP) is 1.19. The van der Waals surface area contributed by atoms with Crippen LogP contribution >= 0.6 is 8.25 Å². The van der Waals surface area contributed by atoms with Gasteiger partial charge in [-0.25, -0.2) is 0 Å². The summed E-state index contributed by atoms with van der Waals surface area (Å²) in [6, 6.07) is 0. The Morgan fingerprint density at radius 3 is 2.75 bits per heavy atom. The Balaban J connectivity index is 2.82. The lowest BCUT2D eigenvalue weighted by atomic mass is 10.4. The monoisotopic (exact) mass is 138 g/mol. The van der Waals surface area contributed by atoms with Gasteiger partial charge >= 0.3 is 8.25 Å². The van der Waals surface area contributed by atoms with Gasteiger partial charge in [-0.05, 0) is 6.42 Å². The second-order valence-corrected chi connectivity index (χ2v) is 2.29. The van der Waals surface area contributed by atoms with E-state index >= 15 is 0 Å². The van der Waals surface area contributed by atoms with Crippen LogP contribution in [0.25, 0.3) is 0 Å². The average molecular weight is 138 g/mol. The molecule has 0 fully saturated rings. The Morgan fingerprint density at radius 1 is 1.75 bits per heavy atom. The van der Waals surface area contributed by atoms with Gasteiger partial charge < -0.3 is 9.42 Å². The molecule has 4 heteroatoms. The maximum atomic E-state index is 9.84. The van der Waals surface area contributed by atoms with Crippen LogP contribution in [0, 0.1) is 0 Å². The van der Waals surface area contributed by atoms with E-state index in [0.717, 1.165) is 12.8 Å². The van der Waals surface area contributed by atoms with E-state index < -0.39 is 8.25 Å². The molecule has 0 aliphatic carbocycles. The number of hydrogen-bond acceptors (Lipinski definition) is 2. The molecular formula is C4H11O3P. The molecule has 0 saturated heterocycles. The number of rotatable bonds is 4. The zero-order valence-electron chi connectivity index (χ0n) is 4.89. The van der Waals surface area contributed by atoms with Gasteiger partial charge in [0.2, 0.25) is 0 Å². The minimum Gasteiger partial charge on any atom is -0.326 e. The minimum absolute atomic E-state index is 0.408. The van der Waals surface area contributed by atoms with Crippen molar-refractivity contribution in [3.63, 3.8) is 0 Å². The fraction of sp³-hybridized carbons (Fsp3) is 1.00. The molecule has 0 aliphatic rings. The van der Waals surface area contributed by atoms with Gasteiger partial charge in [0.1, 0.15) is 0 Å². The Morgan fingerprint density at radius 2 is 2.38 bits per heavy atom. The number of hydrogen-bond donors (Lipinski definition) is 1. The maximum absolute atomic E-state index is 9.84. The van der Waals surface area contributed by atoms with Crippen LogP contribution in [0.15, 0.2) is 0 Å². The zero-order valence-corrected chi connectivity index (χ0v) is 5.89. The van der Waals surface area contributed by atoms with Crippen molar-refractivity contribution in [2.45, 2.75) is 19.8 Å². The highest BCUT2D eigenvalue weighted by atomic mass is 31.1. The Hall–Kier alpha value is 0.150. The Labute approximate surface area is 49.6 Å². The topological polar surface area (TPSA) is 46.5 Å². The molecule has 0 spiro atoms. The molecule has 0 bridgehead atoms. The lowest BCUT2D eigenvalue weighted by molar-refractivity contribution is 0.276. The van der Waals surface area contributed by atoms with Crippen molar-refractivity contribution in [1.82, 2.24) is 0 Å². The van der Waals surface area contributed by atoms with Crippen molar-refractivity contribution in [2.24, 2.45) is 0 Å².